The average Bonchev–Trinajstić information content (AvgIpc) is 2.67. The van der Waals surface area contributed by atoms with E-state index < -0.39 is 0 Å². The standard InChI is InChI=1S/C21H21NO3/c23-21(25-19-13-22-11-9-14(19)10-12-22)20-15-5-1-3-7-17(15)24-18-8-4-2-6-16(18)20/h1-5,7-8,14,19H,6,9-13H2. The van der Waals surface area contributed by atoms with E-state index in [0.29, 0.717) is 17.9 Å². The summed E-state index contributed by atoms with van der Waals surface area (Å²) in [5, 5.41) is 0. The highest BCUT2D eigenvalue weighted by Crippen LogP contribution is 2.41. The van der Waals surface area contributed by atoms with Gasteiger partial charge in [0.05, 0.1) is 5.57 Å². The Balaban J connectivity index is 1.50. The third-order valence-electron chi connectivity index (χ3n) is 5.74. The van der Waals surface area contributed by atoms with Crippen molar-refractivity contribution in [2.75, 3.05) is 19.6 Å². The van der Waals surface area contributed by atoms with Crippen LogP contribution in [0.3, 0.4) is 0 Å². The van der Waals surface area contributed by atoms with Gasteiger partial charge in [-0.25, -0.2) is 4.79 Å². The molecule has 0 saturated carbocycles. The zero-order valence-corrected chi connectivity index (χ0v) is 14.1. The summed E-state index contributed by atoms with van der Waals surface area (Å²) in [5.74, 6) is 1.80. The maximum Gasteiger partial charge on any atom is 0.339 e. The summed E-state index contributed by atoms with van der Waals surface area (Å²) in [7, 11) is 0. The van der Waals surface area contributed by atoms with E-state index >= 15 is 0 Å². The molecule has 4 nitrogen and oxygen atoms in total. The van der Waals surface area contributed by atoms with Gasteiger partial charge in [0.25, 0.3) is 0 Å². The van der Waals surface area contributed by atoms with E-state index in [-0.39, 0.29) is 12.1 Å². The highest BCUT2D eigenvalue weighted by atomic mass is 16.5. The zero-order chi connectivity index (χ0) is 16.8. The van der Waals surface area contributed by atoms with Crippen LogP contribution in [-0.4, -0.2) is 36.6 Å². The van der Waals surface area contributed by atoms with Crippen LogP contribution in [0.15, 0.2) is 53.8 Å². The van der Waals surface area contributed by atoms with Crippen LogP contribution in [0.5, 0.6) is 5.75 Å². The van der Waals surface area contributed by atoms with Crippen molar-refractivity contribution in [1.82, 2.24) is 4.90 Å². The first-order chi connectivity index (χ1) is 12.3. The molecule has 5 aliphatic rings. The van der Waals surface area contributed by atoms with Crippen molar-refractivity contribution in [2.45, 2.75) is 25.4 Å². The van der Waals surface area contributed by atoms with Gasteiger partial charge in [0.2, 0.25) is 0 Å². The Kier molecular flexibility index (Phi) is 3.52. The number of hydrogen-bond acceptors (Lipinski definition) is 4. The van der Waals surface area contributed by atoms with Crippen LogP contribution in [0.2, 0.25) is 0 Å². The van der Waals surface area contributed by atoms with Crippen LogP contribution >= 0.6 is 0 Å². The van der Waals surface area contributed by atoms with Crippen LogP contribution in [0, 0.1) is 5.92 Å². The molecule has 6 rings (SSSR count). The number of benzene rings is 1. The summed E-state index contributed by atoms with van der Waals surface area (Å²) in [5.41, 5.74) is 2.46. The molecule has 1 unspecified atom stereocenters. The first-order valence-electron chi connectivity index (χ1n) is 9.10. The number of carbonyl (C=O) groups is 1. The first-order valence-corrected chi connectivity index (χ1v) is 9.10. The third-order valence-corrected chi connectivity index (χ3v) is 5.74. The van der Waals surface area contributed by atoms with Crippen molar-refractivity contribution >= 4 is 11.5 Å². The maximum atomic E-state index is 13.2. The van der Waals surface area contributed by atoms with Crippen molar-refractivity contribution in [2.24, 2.45) is 5.92 Å². The fourth-order valence-corrected chi connectivity index (χ4v) is 4.38. The molecule has 25 heavy (non-hydrogen) atoms. The van der Waals surface area contributed by atoms with Gasteiger partial charge in [0.15, 0.2) is 0 Å². The van der Waals surface area contributed by atoms with Gasteiger partial charge in [-0.3, -0.25) is 4.90 Å². The zero-order valence-electron chi connectivity index (χ0n) is 14.1. The number of ether oxygens (including phenoxy) is 2. The second kappa shape index (κ2) is 5.88. The summed E-state index contributed by atoms with van der Waals surface area (Å²) < 4.78 is 12.0. The molecule has 2 bridgehead atoms. The molecule has 1 aromatic rings. The summed E-state index contributed by atoms with van der Waals surface area (Å²) in [6.45, 7) is 3.15. The molecule has 4 heteroatoms. The molecule has 1 aromatic carbocycles. The third kappa shape index (κ3) is 2.52. The summed E-state index contributed by atoms with van der Waals surface area (Å²) >= 11 is 0. The Morgan fingerprint density at radius 3 is 2.84 bits per heavy atom. The SMILES string of the molecule is O=C(OC1CN2CCC1CC2)C1=C2CC=CC=C2Oc2ccccc21. The molecule has 0 N–H and O–H groups in total. The van der Waals surface area contributed by atoms with Gasteiger partial charge in [-0.1, -0.05) is 30.4 Å². The summed E-state index contributed by atoms with van der Waals surface area (Å²) in [6, 6.07) is 7.73. The lowest BCUT2D eigenvalue weighted by Gasteiger charge is -2.44. The van der Waals surface area contributed by atoms with E-state index in [1.807, 2.05) is 36.4 Å². The average molecular weight is 335 g/mol. The number of piperidine rings is 3. The number of nitrogens with zero attached hydrogens (tertiary/aromatic N) is 1. The molecule has 3 fully saturated rings. The minimum Gasteiger partial charge on any atom is -0.457 e. The van der Waals surface area contributed by atoms with Gasteiger partial charge in [-0.2, -0.15) is 0 Å². The number of fused-ring (bicyclic) bond motifs is 5. The van der Waals surface area contributed by atoms with E-state index in [1.54, 1.807) is 0 Å². The van der Waals surface area contributed by atoms with Crippen LogP contribution in [0.25, 0.3) is 5.57 Å². The molecule has 128 valence electrons. The highest BCUT2D eigenvalue weighted by molar-refractivity contribution is 6.19. The Morgan fingerprint density at radius 2 is 2.04 bits per heavy atom. The number of hydrogen-bond donors (Lipinski definition) is 0. The Hall–Kier alpha value is -2.33. The molecule has 0 radical (unpaired) electrons. The lowest BCUT2D eigenvalue weighted by molar-refractivity contribution is -0.151. The van der Waals surface area contributed by atoms with Crippen LogP contribution in [0.4, 0.5) is 0 Å². The number of esters is 1. The van der Waals surface area contributed by atoms with E-state index in [0.717, 1.165) is 55.1 Å². The molecule has 3 saturated heterocycles. The Labute approximate surface area is 147 Å². The van der Waals surface area contributed by atoms with E-state index in [4.69, 9.17) is 9.47 Å². The fourth-order valence-electron chi connectivity index (χ4n) is 4.38. The fraction of sp³-hybridized carbons (Fsp3) is 0.381. The molecule has 0 aromatic heterocycles. The molecular weight excluding hydrogens is 314 g/mol. The van der Waals surface area contributed by atoms with Crippen molar-refractivity contribution in [3.05, 3.63) is 59.4 Å². The molecule has 1 aliphatic carbocycles. The number of carbonyl (C=O) groups excluding carboxylic acids is 1. The van der Waals surface area contributed by atoms with Crippen molar-refractivity contribution in [1.29, 1.82) is 0 Å². The normalized spacial score (nSPS) is 29.4. The van der Waals surface area contributed by atoms with Gasteiger partial charge in [-0.15, -0.1) is 0 Å². The lowest BCUT2D eigenvalue weighted by atomic mass is 9.85. The predicted octanol–water partition coefficient (Wildman–Crippen LogP) is 3.31. The summed E-state index contributed by atoms with van der Waals surface area (Å²) in [6.07, 6.45) is 8.95. The van der Waals surface area contributed by atoms with Crippen LogP contribution in [-0.2, 0) is 9.53 Å². The van der Waals surface area contributed by atoms with Gasteiger partial charge in [0, 0.05) is 17.7 Å². The van der Waals surface area contributed by atoms with E-state index in [1.165, 1.54) is 0 Å². The van der Waals surface area contributed by atoms with Crippen molar-refractivity contribution in [3.63, 3.8) is 0 Å². The lowest BCUT2D eigenvalue weighted by Crippen LogP contribution is -2.52. The molecular formula is C21H21NO3. The first kappa shape index (κ1) is 15.0. The van der Waals surface area contributed by atoms with Gasteiger partial charge in [-0.05, 0) is 50.4 Å². The van der Waals surface area contributed by atoms with Gasteiger partial charge < -0.3 is 9.47 Å². The monoisotopic (exact) mass is 335 g/mol. The number of rotatable bonds is 2. The maximum absolute atomic E-state index is 13.2. The minimum atomic E-state index is -0.203. The second-order valence-electron chi connectivity index (χ2n) is 7.20. The van der Waals surface area contributed by atoms with Crippen molar-refractivity contribution in [3.8, 4) is 5.75 Å². The van der Waals surface area contributed by atoms with Crippen LogP contribution < -0.4 is 4.74 Å². The molecule has 4 aliphatic heterocycles. The van der Waals surface area contributed by atoms with Crippen molar-refractivity contribution < 1.29 is 14.3 Å². The minimum absolute atomic E-state index is 0.0182. The van der Waals surface area contributed by atoms with Gasteiger partial charge in [0.1, 0.15) is 17.6 Å². The molecule has 4 heterocycles. The molecule has 0 amide bonds. The smallest absolute Gasteiger partial charge is 0.339 e. The number of allylic oxidation sites excluding steroid dienone is 4. The molecule has 0 spiro atoms. The molecule has 1 atom stereocenters. The topological polar surface area (TPSA) is 38.8 Å². The van der Waals surface area contributed by atoms with Gasteiger partial charge >= 0.3 is 5.97 Å². The van der Waals surface area contributed by atoms with Crippen LogP contribution in [0.1, 0.15) is 24.8 Å². The quantitative estimate of drug-likeness (QED) is 0.777. The van der Waals surface area contributed by atoms with E-state index in [2.05, 4.69) is 11.0 Å². The number of para-hydroxylation sites is 1. The van der Waals surface area contributed by atoms with E-state index in [9.17, 15) is 4.79 Å². The largest absolute Gasteiger partial charge is 0.457 e. The Morgan fingerprint density at radius 1 is 1.20 bits per heavy atom. The second-order valence-corrected chi connectivity index (χ2v) is 7.20. The predicted molar refractivity (Wildman–Crippen MR) is 94.9 cm³/mol. The Bertz CT molecular complexity index is 812. The highest BCUT2D eigenvalue weighted by Gasteiger charge is 2.38. The summed E-state index contributed by atoms with van der Waals surface area (Å²) in [4.78, 5) is 15.6.